The third-order valence-corrected chi connectivity index (χ3v) is 1.97. The first-order valence-corrected chi connectivity index (χ1v) is 4.05. The van der Waals surface area contributed by atoms with E-state index in [1.807, 2.05) is 7.05 Å². The van der Waals surface area contributed by atoms with Gasteiger partial charge in [-0.05, 0) is 30.5 Å². The van der Waals surface area contributed by atoms with Crippen LogP contribution in [0.1, 0.15) is 18.1 Å². The third kappa shape index (κ3) is 2.42. The van der Waals surface area contributed by atoms with Gasteiger partial charge < -0.3 is 5.32 Å². The standard InChI is InChI=1S/C10H15N.ClH/c1-4-9-5-6-10(11-3)8(2)7-9;/h5-7,11H,4H2,1-3H3;1H. The van der Waals surface area contributed by atoms with Crippen molar-refractivity contribution in [3.8, 4) is 0 Å². The Kier molecular flexibility index (Phi) is 4.75. The SMILES string of the molecule is CCc1ccc(NC)c(C)c1.Cl. The van der Waals surface area contributed by atoms with Gasteiger partial charge in [0, 0.05) is 12.7 Å². The Morgan fingerprint density at radius 1 is 1.33 bits per heavy atom. The van der Waals surface area contributed by atoms with E-state index in [0.29, 0.717) is 0 Å². The molecule has 0 aliphatic heterocycles. The molecule has 1 aromatic carbocycles. The van der Waals surface area contributed by atoms with Crippen LogP contribution in [-0.2, 0) is 6.42 Å². The monoisotopic (exact) mass is 185 g/mol. The lowest BCUT2D eigenvalue weighted by atomic mass is 10.1. The van der Waals surface area contributed by atoms with Crippen LogP contribution in [0.3, 0.4) is 0 Å². The Morgan fingerprint density at radius 2 is 2.00 bits per heavy atom. The molecule has 0 spiro atoms. The molecule has 12 heavy (non-hydrogen) atoms. The molecule has 0 fully saturated rings. The average molecular weight is 186 g/mol. The van der Waals surface area contributed by atoms with Gasteiger partial charge in [-0.2, -0.15) is 0 Å². The minimum absolute atomic E-state index is 0. The van der Waals surface area contributed by atoms with Crippen molar-refractivity contribution in [2.75, 3.05) is 12.4 Å². The fourth-order valence-electron chi connectivity index (χ4n) is 1.23. The van der Waals surface area contributed by atoms with Crippen LogP contribution in [-0.4, -0.2) is 7.05 Å². The number of anilines is 1. The molecule has 1 rings (SSSR count). The molecule has 0 aromatic heterocycles. The molecule has 1 N–H and O–H groups in total. The maximum atomic E-state index is 3.15. The Bertz CT molecular complexity index is 246. The zero-order valence-corrected chi connectivity index (χ0v) is 8.66. The number of benzene rings is 1. The summed E-state index contributed by atoms with van der Waals surface area (Å²) in [6.45, 7) is 4.30. The molecule has 0 radical (unpaired) electrons. The fraction of sp³-hybridized carbons (Fsp3) is 0.400. The van der Waals surface area contributed by atoms with Crippen LogP contribution >= 0.6 is 12.4 Å². The van der Waals surface area contributed by atoms with Gasteiger partial charge in [0.1, 0.15) is 0 Å². The second-order valence-corrected chi connectivity index (χ2v) is 2.75. The van der Waals surface area contributed by atoms with Gasteiger partial charge in [-0.15, -0.1) is 12.4 Å². The lowest BCUT2D eigenvalue weighted by molar-refractivity contribution is 1.13. The molecule has 68 valence electrons. The molecule has 0 bridgehead atoms. The summed E-state index contributed by atoms with van der Waals surface area (Å²) in [4.78, 5) is 0. The minimum Gasteiger partial charge on any atom is -0.388 e. The number of hydrogen-bond donors (Lipinski definition) is 1. The smallest absolute Gasteiger partial charge is 0.0367 e. The van der Waals surface area contributed by atoms with Gasteiger partial charge in [0.25, 0.3) is 0 Å². The van der Waals surface area contributed by atoms with E-state index in [0.717, 1.165) is 6.42 Å². The molecule has 0 aliphatic rings. The summed E-state index contributed by atoms with van der Waals surface area (Å²) in [5, 5.41) is 3.15. The zero-order valence-electron chi connectivity index (χ0n) is 7.85. The van der Waals surface area contributed by atoms with Crippen molar-refractivity contribution in [2.24, 2.45) is 0 Å². The molecule has 0 saturated heterocycles. The highest BCUT2D eigenvalue weighted by atomic mass is 35.5. The van der Waals surface area contributed by atoms with Gasteiger partial charge in [-0.1, -0.05) is 19.1 Å². The molecule has 0 unspecified atom stereocenters. The Balaban J connectivity index is 0.00000121. The highest BCUT2D eigenvalue weighted by Gasteiger charge is 1.95. The number of aryl methyl sites for hydroxylation is 2. The van der Waals surface area contributed by atoms with Crippen molar-refractivity contribution in [1.29, 1.82) is 0 Å². The van der Waals surface area contributed by atoms with E-state index in [2.05, 4.69) is 37.4 Å². The quantitative estimate of drug-likeness (QED) is 0.747. The topological polar surface area (TPSA) is 12.0 Å². The number of halogens is 1. The van der Waals surface area contributed by atoms with Gasteiger partial charge in [-0.3, -0.25) is 0 Å². The second kappa shape index (κ2) is 5.04. The van der Waals surface area contributed by atoms with Gasteiger partial charge in [0.05, 0.1) is 0 Å². The third-order valence-electron chi connectivity index (χ3n) is 1.97. The Morgan fingerprint density at radius 3 is 2.42 bits per heavy atom. The highest BCUT2D eigenvalue weighted by Crippen LogP contribution is 2.15. The first-order valence-electron chi connectivity index (χ1n) is 4.05. The molecule has 0 atom stereocenters. The second-order valence-electron chi connectivity index (χ2n) is 2.75. The maximum Gasteiger partial charge on any atom is 0.0367 e. The molecule has 0 heterocycles. The van der Waals surface area contributed by atoms with Crippen LogP contribution in [0.5, 0.6) is 0 Å². The first kappa shape index (κ1) is 11.3. The van der Waals surface area contributed by atoms with E-state index < -0.39 is 0 Å². The Labute approximate surface area is 80.6 Å². The van der Waals surface area contributed by atoms with E-state index in [1.165, 1.54) is 16.8 Å². The van der Waals surface area contributed by atoms with Crippen molar-refractivity contribution in [3.05, 3.63) is 29.3 Å². The lowest BCUT2D eigenvalue weighted by Gasteiger charge is -2.05. The zero-order chi connectivity index (χ0) is 8.27. The van der Waals surface area contributed by atoms with E-state index in [9.17, 15) is 0 Å². The molecule has 0 saturated carbocycles. The number of nitrogens with one attached hydrogen (secondary N) is 1. The van der Waals surface area contributed by atoms with Crippen molar-refractivity contribution < 1.29 is 0 Å². The van der Waals surface area contributed by atoms with Crippen LogP contribution in [0.15, 0.2) is 18.2 Å². The fourth-order valence-corrected chi connectivity index (χ4v) is 1.23. The van der Waals surface area contributed by atoms with Gasteiger partial charge in [-0.25, -0.2) is 0 Å². The Hall–Kier alpha value is -0.690. The molecular weight excluding hydrogens is 170 g/mol. The highest BCUT2D eigenvalue weighted by molar-refractivity contribution is 5.85. The van der Waals surface area contributed by atoms with Gasteiger partial charge in [0.15, 0.2) is 0 Å². The van der Waals surface area contributed by atoms with Crippen LogP contribution in [0.4, 0.5) is 5.69 Å². The average Bonchev–Trinajstić information content (AvgIpc) is 2.04. The van der Waals surface area contributed by atoms with Crippen LogP contribution in [0.25, 0.3) is 0 Å². The van der Waals surface area contributed by atoms with Crippen LogP contribution < -0.4 is 5.32 Å². The first-order chi connectivity index (χ1) is 5.27. The summed E-state index contributed by atoms with van der Waals surface area (Å²) in [5.41, 5.74) is 3.95. The molecule has 0 aliphatic carbocycles. The van der Waals surface area contributed by atoms with Crippen LogP contribution in [0, 0.1) is 6.92 Å². The summed E-state index contributed by atoms with van der Waals surface area (Å²) in [7, 11) is 1.95. The lowest BCUT2D eigenvalue weighted by Crippen LogP contribution is -1.92. The number of rotatable bonds is 2. The predicted molar refractivity (Wildman–Crippen MR) is 57.4 cm³/mol. The van der Waals surface area contributed by atoms with Crippen molar-refractivity contribution in [1.82, 2.24) is 0 Å². The van der Waals surface area contributed by atoms with Crippen molar-refractivity contribution in [3.63, 3.8) is 0 Å². The summed E-state index contributed by atoms with van der Waals surface area (Å²) < 4.78 is 0. The van der Waals surface area contributed by atoms with E-state index in [-0.39, 0.29) is 12.4 Å². The largest absolute Gasteiger partial charge is 0.388 e. The molecule has 1 aromatic rings. The summed E-state index contributed by atoms with van der Waals surface area (Å²) in [5.74, 6) is 0. The molecular formula is C10H16ClN. The van der Waals surface area contributed by atoms with Crippen LogP contribution in [0.2, 0.25) is 0 Å². The predicted octanol–water partition coefficient (Wildman–Crippen LogP) is 3.02. The summed E-state index contributed by atoms with van der Waals surface area (Å²) in [6, 6.07) is 6.53. The van der Waals surface area contributed by atoms with Crippen molar-refractivity contribution >= 4 is 18.1 Å². The summed E-state index contributed by atoms with van der Waals surface area (Å²) >= 11 is 0. The van der Waals surface area contributed by atoms with Gasteiger partial charge >= 0.3 is 0 Å². The number of hydrogen-bond acceptors (Lipinski definition) is 1. The van der Waals surface area contributed by atoms with Crippen molar-refractivity contribution in [2.45, 2.75) is 20.3 Å². The summed E-state index contributed by atoms with van der Waals surface area (Å²) in [6.07, 6.45) is 1.12. The van der Waals surface area contributed by atoms with Gasteiger partial charge in [0.2, 0.25) is 0 Å². The maximum absolute atomic E-state index is 3.15. The van der Waals surface area contributed by atoms with E-state index in [1.54, 1.807) is 0 Å². The molecule has 0 amide bonds. The van der Waals surface area contributed by atoms with E-state index in [4.69, 9.17) is 0 Å². The minimum atomic E-state index is 0. The van der Waals surface area contributed by atoms with E-state index >= 15 is 0 Å². The molecule has 1 nitrogen and oxygen atoms in total. The molecule has 2 heteroatoms. The normalized spacial score (nSPS) is 8.92.